The maximum Gasteiger partial charge on any atom is 0.128 e. The van der Waals surface area contributed by atoms with Gasteiger partial charge in [0.2, 0.25) is 0 Å². The summed E-state index contributed by atoms with van der Waals surface area (Å²) in [7, 11) is 0. The second kappa shape index (κ2) is 6.43. The van der Waals surface area contributed by atoms with Gasteiger partial charge in [-0.2, -0.15) is 5.10 Å². The van der Waals surface area contributed by atoms with Crippen LogP contribution in [0.1, 0.15) is 43.4 Å². The van der Waals surface area contributed by atoms with Crippen molar-refractivity contribution in [2.24, 2.45) is 5.10 Å². The molecule has 1 aromatic heterocycles. The number of hydrogen-bond acceptors (Lipinski definition) is 6. The largest absolute Gasteiger partial charge is 0.302 e. The quantitative estimate of drug-likeness (QED) is 0.841. The first-order valence-corrected chi connectivity index (χ1v) is 8.53. The average Bonchev–Trinajstić information content (AvgIpc) is 2.43. The van der Waals surface area contributed by atoms with Crippen molar-refractivity contribution in [1.29, 1.82) is 0 Å². The second-order valence-electron chi connectivity index (χ2n) is 4.13. The molecule has 0 amide bonds. The molecule has 1 aromatic rings. The van der Waals surface area contributed by atoms with Crippen LogP contribution in [0.4, 0.5) is 0 Å². The molecular formula is C12H18N4S2. The van der Waals surface area contributed by atoms with Gasteiger partial charge in [0.15, 0.2) is 0 Å². The predicted octanol–water partition coefficient (Wildman–Crippen LogP) is 3.09. The third-order valence-electron chi connectivity index (χ3n) is 2.99. The van der Waals surface area contributed by atoms with E-state index in [0.29, 0.717) is 0 Å². The highest BCUT2D eigenvalue weighted by atomic mass is 32.2. The number of nitrogens with one attached hydrogen (secondary N) is 1. The van der Waals surface area contributed by atoms with Crippen LogP contribution < -0.4 is 5.43 Å². The smallest absolute Gasteiger partial charge is 0.128 e. The molecule has 0 spiro atoms. The first kappa shape index (κ1) is 13.7. The Kier molecular flexibility index (Phi) is 4.88. The Balaban J connectivity index is 2.43. The number of rotatable bonds is 5. The first-order chi connectivity index (χ1) is 8.81. The van der Waals surface area contributed by atoms with E-state index in [1.807, 2.05) is 18.7 Å². The molecule has 0 saturated carbocycles. The minimum atomic E-state index is 0.272. The Morgan fingerprint density at radius 2 is 1.94 bits per heavy atom. The molecule has 0 aliphatic carbocycles. The van der Waals surface area contributed by atoms with Crippen LogP contribution in [0.15, 0.2) is 15.2 Å². The summed E-state index contributed by atoms with van der Waals surface area (Å²) in [4.78, 5) is 0. The fourth-order valence-corrected chi connectivity index (χ4v) is 3.17. The lowest BCUT2D eigenvalue weighted by Gasteiger charge is -2.24. The molecule has 2 rings (SSSR count). The van der Waals surface area contributed by atoms with Crippen molar-refractivity contribution in [2.45, 2.75) is 42.3 Å². The number of unbranched alkanes of at least 4 members (excludes halogenated alkanes) is 1. The first-order valence-electron chi connectivity index (χ1n) is 6.09. The summed E-state index contributed by atoms with van der Waals surface area (Å²) in [6, 6.07) is 0.272. The summed E-state index contributed by atoms with van der Waals surface area (Å²) in [6.45, 7) is 2.21. The zero-order chi connectivity index (χ0) is 13.0. The number of thioether (sulfide) groups is 2. The molecule has 6 heteroatoms. The number of aromatic nitrogens is 2. The molecule has 2 heterocycles. The van der Waals surface area contributed by atoms with Gasteiger partial charge in [0.25, 0.3) is 0 Å². The molecule has 1 unspecified atom stereocenters. The van der Waals surface area contributed by atoms with Crippen molar-refractivity contribution in [2.75, 3.05) is 12.5 Å². The van der Waals surface area contributed by atoms with E-state index in [4.69, 9.17) is 0 Å². The average molecular weight is 282 g/mol. The lowest BCUT2D eigenvalue weighted by atomic mass is 9.99. The summed E-state index contributed by atoms with van der Waals surface area (Å²) in [5.74, 6) is 0. The molecule has 0 fully saturated rings. The monoisotopic (exact) mass is 282 g/mol. The molecule has 18 heavy (non-hydrogen) atoms. The van der Waals surface area contributed by atoms with Crippen molar-refractivity contribution >= 4 is 29.7 Å². The third-order valence-corrected chi connectivity index (χ3v) is 4.36. The van der Waals surface area contributed by atoms with Crippen LogP contribution in [0, 0.1) is 0 Å². The van der Waals surface area contributed by atoms with Crippen molar-refractivity contribution in [3.8, 4) is 0 Å². The Hall–Kier alpha value is -0.750. The van der Waals surface area contributed by atoms with Crippen molar-refractivity contribution in [3.63, 3.8) is 0 Å². The van der Waals surface area contributed by atoms with E-state index in [-0.39, 0.29) is 6.04 Å². The molecule has 1 N–H and O–H groups in total. The van der Waals surface area contributed by atoms with Gasteiger partial charge in [-0.25, -0.2) is 0 Å². The molecule has 0 bridgehead atoms. The summed E-state index contributed by atoms with van der Waals surface area (Å²) < 4.78 is 0. The molecule has 0 aromatic carbocycles. The van der Waals surface area contributed by atoms with Crippen LogP contribution in [-0.4, -0.2) is 28.9 Å². The van der Waals surface area contributed by atoms with Gasteiger partial charge < -0.3 is 5.43 Å². The van der Waals surface area contributed by atoms with Gasteiger partial charge in [-0.3, -0.25) is 0 Å². The van der Waals surface area contributed by atoms with E-state index in [0.717, 1.165) is 22.0 Å². The Bertz CT molecular complexity index is 448. The molecular weight excluding hydrogens is 264 g/mol. The zero-order valence-corrected chi connectivity index (χ0v) is 12.6. The molecule has 0 radical (unpaired) electrons. The van der Waals surface area contributed by atoms with Crippen LogP contribution >= 0.6 is 23.5 Å². The van der Waals surface area contributed by atoms with Crippen LogP contribution in [0.25, 0.3) is 0 Å². The van der Waals surface area contributed by atoms with E-state index in [1.54, 1.807) is 23.5 Å². The van der Waals surface area contributed by atoms with Crippen LogP contribution in [0.3, 0.4) is 0 Å². The summed E-state index contributed by atoms with van der Waals surface area (Å²) in [6.07, 6.45) is 9.43. The van der Waals surface area contributed by atoms with Crippen molar-refractivity contribution in [1.82, 2.24) is 15.6 Å². The fraction of sp³-hybridized carbons (Fsp3) is 0.583. The molecule has 0 saturated heterocycles. The second-order valence-corrected chi connectivity index (χ2v) is 5.72. The lowest BCUT2D eigenvalue weighted by Crippen LogP contribution is -2.24. The van der Waals surface area contributed by atoms with E-state index in [1.165, 1.54) is 18.4 Å². The predicted molar refractivity (Wildman–Crippen MR) is 78.6 cm³/mol. The lowest BCUT2D eigenvalue weighted by molar-refractivity contribution is 0.477. The van der Waals surface area contributed by atoms with Crippen molar-refractivity contribution in [3.05, 3.63) is 11.1 Å². The number of fused-ring (bicyclic) bond motifs is 1. The fourth-order valence-electron chi connectivity index (χ4n) is 2.07. The van der Waals surface area contributed by atoms with Gasteiger partial charge in [-0.1, -0.05) is 19.8 Å². The van der Waals surface area contributed by atoms with E-state index in [2.05, 4.69) is 27.6 Å². The highest BCUT2D eigenvalue weighted by Crippen LogP contribution is 2.34. The minimum Gasteiger partial charge on any atom is -0.302 e. The highest BCUT2D eigenvalue weighted by molar-refractivity contribution is 7.99. The number of nitrogens with zero attached hydrogens (tertiary/aromatic N) is 3. The Labute approximate surface area is 116 Å². The Morgan fingerprint density at radius 1 is 1.22 bits per heavy atom. The molecule has 1 atom stereocenters. The molecule has 4 nitrogen and oxygen atoms in total. The van der Waals surface area contributed by atoms with Gasteiger partial charge in [0.1, 0.15) is 10.1 Å². The number of hydrogen-bond donors (Lipinski definition) is 1. The number of hydrazone groups is 1. The maximum atomic E-state index is 4.33. The van der Waals surface area contributed by atoms with Crippen LogP contribution in [0.2, 0.25) is 0 Å². The van der Waals surface area contributed by atoms with Gasteiger partial charge in [-0.15, -0.1) is 33.7 Å². The van der Waals surface area contributed by atoms with Crippen molar-refractivity contribution < 1.29 is 0 Å². The minimum absolute atomic E-state index is 0.272. The zero-order valence-electron chi connectivity index (χ0n) is 10.9. The van der Waals surface area contributed by atoms with Gasteiger partial charge >= 0.3 is 0 Å². The highest BCUT2D eigenvalue weighted by Gasteiger charge is 2.24. The van der Waals surface area contributed by atoms with Crippen LogP contribution in [0.5, 0.6) is 0 Å². The standard InChI is InChI=1S/C12H18N4S2/c1-4-5-6-9-10-8(7-13-14-9)11(17-2)15-16-12(10)18-3/h7,9,14H,4-6H2,1-3H3. The molecule has 1 aliphatic rings. The maximum absolute atomic E-state index is 4.33. The SMILES string of the molecule is CCCCC1NN=Cc2c(SC)nnc(SC)c21. The molecule has 98 valence electrons. The normalized spacial score (nSPS) is 17.4. The summed E-state index contributed by atoms with van der Waals surface area (Å²) in [5, 5.41) is 14.9. The summed E-state index contributed by atoms with van der Waals surface area (Å²) in [5.41, 5.74) is 5.62. The van der Waals surface area contributed by atoms with Gasteiger partial charge in [0.05, 0.1) is 12.3 Å². The van der Waals surface area contributed by atoms with Gasteiger partial charge in [0, 0.05) is 11.1 Å². The summed E-state index contributed by atoms with van der Waals surface area (Å²) >= 11 is 3.28. The van der Waals surface area contributed by atoms with E-state index < -0.39 is 0 Å². The Morgan fingerprint density at radius 3 is 2.61 bits per heavy atom. The topological polar surface area (TPSA) is 50.2 Å². The molecule has 1 aliphatic heterocycles. The van der Waals surface area contributed by atoms with E-state index in [9.17, 15) is 0 Å². The van der Waals surface area contributed by atoms with Gasteiger partial charge in [-0.05, 0) is 18.9 Å². The van der Waals surface area contributed by atoms with Crippen LogP contribution in [-0.2, 0) is 0 Å². The third kappa shape index (κ3) is 2.64. The van der Waals surface area contributed by atoms with E-state index >= 15 is 0 Å².